The molecule has 3 nitrogen and oxygen atoms in total. The van der Waals surface area contributed by atoms with E-state index >= 15 is 0 Å². The van der Waals surface area contributed by atoms with Gasteiger partial charge in [0.2, 0.25) is 5.91 Å². The number of nitrogens with one attached hydrogen (secondary N) is 2. The summed E-state index contributed by atoms with van der Waals surface area (Å²) in [6.45, 7) is 0.685. The number of amides is 1. The maximum Gasteiger partial charge on any atom is 0.390 e. The number of carbonyl (C=O) groups excluding carboxylic acids is 1. The van der Waals surface area contributed by atoms with E-state index in [1.165, 1.54) is 0 Å². The summed E-state index contributed by atoms with van der Waals surface area (Å²) in [4.78, 5) is 11.1. The van der Waals surface area contributed by atoms with E-state index in [1.54, 1.807) is 0 Å². The van der Waals surface area contributed by atoms with Crippen LogP contribution >= 0.6 is 0 Å². The van der Waals surface area contributed by atoms with Gasteiger partial charge in [0, 0.05) is 25.6 Å². The van der Waals surface area contributed by atoms with Crippen LogP contribution < -0.4 is 10.6 Å². The Hall–Kier alpha value is -0.780. The largest absolute Gasteiger partial charge is 0.390 e. The molecule has 0 bridgehead atoms. The first-order chi connectivity index (χ1) is 6.99. The van der Waals surface area contributed by atoms with Crippen molar-refractivity contribution in [2.24, 2.45) is 5.92 Å². The monoisotopic (exact) mass is 224 g/mol. The van der Waals surface area contributed by atoms with Crippen molar-refractivity contribution in [3.8, 4) is 0 Å². The average Bonchev–Trinajstić information content (AvgIpc) is 2.91. The standard InChI is InChI=1S/C9H15F3N2O/c10-9(11,12)3-4-13-5-6-14-8(15)7-1-2-7/h7,13H,1-6H2,(H,14,15). The van der Waals surface area contributed by atoms with Gasteiger partial charge in [-0.1, -0.05) is 0 Å². The number of halogens is 3. The molecule has 0 aromatic rings. The minimum Gasteiger partial charge on any atom is -0.355 e. The van der Waals surface area contributed by atoms with Crippen LogP contribution in [0, 0.1) is 5.92 Å². The molecule has 15 heavy (non-hydrogen) atoms. The van der Waals surface area contributed by atoms with Crippen LogP contribution in [0.2, 0.25) is 0 Å². The van der Waals surface area contributed by atoms with Gasteiger partial charge in [0.25, 0.3) is 0 Å². The second-order valence-electron chi connectivity index (χ2n) is 3.68. The summed E-state index contributed by atoms with van der Waals surface area (Å²) in [5, 5.41) is 5.28. The fraction of sp³-hybridized carbons (Fsp3) is 0.889. The first kappa shape index (κ1) is 12.3. The molecule has 6 heteroatoms. The second kappa shape index (κ2) is 5.34. The summed E-state index contributed by atoms with van der Waals surface area (Å²) in [5.41, 5.74) is 0. The molecule has 0 aromatic carbocycles. The third-order valence-corrected chi connectivity index (χ3v) is 2.13. The highest BCUT2D eigenvalue weighted by molar-refractivity contribution is 5.80. The highest BCUT2D eigenvalue weighted by atomic mass is 19.4. The molecule has 0 aromatic heterocycles. The van der Waals surface area contributed by atoms with E-state index in [4.69, 9.17) is 0 Å². The highest BCUT2D eigenvalue weighted by Gasteiger charge is 2.29. The van der Waals surface area contributed by atoms with Gasteiger partial charge in [-0.2, -0.15) is 13.2 Å². The maximum absolute atomic E-state index is 11.7. The van der Waals surface area contributed by atoms with Crippen LogP contribution in [0.15, 0.2) is 0 Å². The first-order valence-electron chi connectivity index (χ1n) is 5.04. The van der Waals surface area contributed by atoms with Gasteiger partial charge in [-0.15, -0.1) is 0 Å². The third-order valence-electron chi connectivity index (χ3n) is 2.13. The Kier molecular flexibility index (Phi) is 4.38. The topological polar surface area (TPSA) is 41.1 Å². The number of hydrogen-bond donors (Lipinski definition) is 2. The molecule has 0 unspecified atom stereocenters. The Morgan fingerprint density at radius 3 is 2.40 bits per heavy atom. The third kappa shape index (κ3) is 6.33. The van der Waals surface area contributed by atoms with E-state index in [9.17, 15) is 18.0 Å². The molecular formula is C9H15F3N2O. The molecule has 1 rings (SSSR count). The van der Waals surface area contributed by atoms with Gasteiger partial charge in [0.1, 0.15) is 0 Å². The molecule has 1 saturated carbocycles. The van der Waals surface area contributed by atoms with Crippen molar-refractivity contribution in [2.45, 2.75) is 25.4 Å². The fourth-order valence-corrected chi connectivity index (χ4v) is 1.12. The first-order valence-corrected chi connectivity index (χ1v) is 5.04. The van der Waals surface area contributed by atoms with Crippen molar-refractivity contribution in [2.75, 3.05) is 19.6 Å². The lowest BCUT2D eigenvalue weighted by atomic mass is 10.4. The predicted octanol–water partition coefficient (Wildman–Crippen LogP) is 1.05. The van der Waals surface area contributed by atoms with E-state index in [1.807, 2.05) is 0 Å². The van der Waals surface area contributed by atoms with Crippen LogP contribution in [0.25, 0.3) is 0 Å². The number of rotatable bonds is 6. The van der Waals surface area contributed by atoms with Gasteiger partial charge in [0.15, 0.2) is 0 Å². The molecule has 1 aliphatic rings. The molecule has 0 saturated heterocycles. The molecule has 0 radical (unpaired) electrons. The minimum atomic E-state index is -4.11. The van der Waals surface area contributed by atoms with Crippen molar-refractivity contribution in [1.29, 1.82) is 0 Å². The van der Waals surface area contributed by atoms with Crippen LogP contribution in [0.3, 0.4) is 0 Å². The second-order valence-corrected chi connectivity index (χ2v) is 3.68. The van der Waals surface area contributed by atoms with E-state index in [2.05, 4.69) is 10.6 Å². The maximum atomic E-state index is 11.7. The summed E-state index contributed by atoms with van der Waals surface area (Å²) in [6.07, 6.45) is -3.06. The molecule has 0 heterocycles. The molecule has 1 fully saturated rings. The lowest BCUT2D eigenvalue weighted by Gasteiger charge is -2.08. The van der Waals surface area contributed by atoms with Crippen LogP contribution in [-0.4, -0.2) is 31.7 Å². The zero-order chi connectivity index (χ0) is 11.3. The van der Waals surface area contributed by atoms with Gasteiger partial charge < -0.3 is 10.6 Å². The van der Waals surface area contributed by atoms with Gasteiger partial charge >= 0.3 is 6.18 Å². The van der Waals surface area contributed by atoms with Crippen LogP contribution in [0.4, 0.5) is 13.2 Å². The van der Waals surface area contributed by atoms with Gasteiger partial charge in [-0.05, 0) is 12.8 Å². The Balaban J connectivity index is 1.86. The zero-order valence-corrected chi connectivity index (χ0v) is 8.36. The van der Waals surface area contributed by atoms with Crippen LogP contribution in [-0.2, 0) is 4.79 Å². The number of hydrogen-bond acceptors (Lipinski definition) is 2. The predicted molar refractivity (Wildman–Crippen MR) is 49.3 cm³/mol. The lowest BCUT2D eigenvalue weighted by molar-refractivity contribution is -0.133. The Labute approximate surface area is 86.4 Å². The minimum absolute atomic E-state index is 0.0209. The lowest BCUT2D eigenvalue weighted by Crippen LogP contribution is -2.33. The Bertz CT molecular complexity index is 214. The fourth-order valence-electron chi connectivity index (χ4n) is 1.12. The molecule has 2 N–H and O–H groups in total. The Morgan fingerprint density at radius 1 is 1.20 bits per heavy atom. The molecule has 1 aliphatic carbocycles. The molecule has 1 amide bonds. The summed E-state index contributed by atoms with van der Waals surface area (Å²) in [5.74, 6) is 0.174. The Morgan fingerprint density at radius 2 is 1.87 bits per heavy atom. The van der Waals surface area contributed by atoms with Gasteiger partial charge in [0.05, 0.1) is 6.42 Å². The van der Waals surface area contributed by atoms with E-state index in [-0.39, 0.29) is 18.4 Å². The molecule has 0 atom stereocenters. The molecule has 0 aliphatic heterocycles. The number of carbonyl (C=O) groups is 1. The molecule has 0 spiro atoms. The molecule has 88 valence electrons. The summed E-state index contributed by atoms with van der Waals surface area (Å²) >= 11 is 0. The smallest absolute Gasteiger partial charge is 0.355 e. The quantitative estimate of drug-likeness (QED) is 0.662. The SMILES string of the molecule is O=C(NCCNCCC(F)(F)F)C1CC1. The van der Waals surface area contributed by atoms with E-state index < -0.39 is 12.6 Å². The van der Waals surface area contributed by atoms with Gasteiger partial charge in [-0.3, -0.25) is 4.79 Å². The summed E-state index contributed by atoms with van der Waals surface area (Å²) in [6, 6.07) is 0. The van der Waals surface area contributed by atoms with Crippen molar-refractivity contribution in [3.63, 3.8) is 0 Å². The summed E-state index contributed by atoms with van der Waals surface area (Å²) < 4.78 is 35.1. The highest BCUT2D eigenvalue weighted by Crippen LogP contribution is 2.28. The van der Waals surface area contributed by atoms with E-state index in [0.29, 0.717) is 13.1 Å². The van der Waals surface area contributed by atoms with Crippen molar-refractivity contribution in [1.82, 2.24) is 10.6 Å². The normalized spacial score (nSPS) is 16.5. The zero-order valence-electron chi connectivity index (χ0n) is 8.36. The summed E-state index contributed by atoms with van der Waals surface area (Å²) in [7, 11) is 0. The van der Waals surface area contributed by atoms with Crippen molar-refractivity contribution < 1.29 is 18.0 Å². The van der Waals surface area contributed by atoms with E-state index in [0.717, 1.165) is 12.8 Å². The van der Waals surface area contributed by atoms with Crippen molar-refractivity contribution >= 4 is 5.91 Å². The molecular weight excluding hydrogens is 209 g/mol. The van der Waals surface area contributed by atoms with Crippen molar-refractivity contribution in [3.05, 3.63) is 0 Å². The van der Waals surface area contributed by atoms with Crippen LogP contribution in [0.5, 0.6) is 0 Å². The van der Waals surface area contributed by atoms with Gasteiger partial charge in [-0.25, -0.2) is 0 Å². The number of alkyl halides is 3. The average molecular weight is 224 g/mol. The van der Waals surface area contributed by atoms with Crippen LogP contribution in [0.1, 0.15) is 19.3 Å².